The monoisotopic (exact) mass is 332 g/mol. The average Bonchev–Trinajstić information content (AvgIpc) is 3.16. The number of aryl methyl sites for hydroxylation is 2. The topological polar surface area (TPSA) is 99.1 Å². The molecule has 8 nitrogen and oxygen atoms in total. The highest BCUT2D eigenvalue weighted by Gasteiger charge is 2.32. The number of β-amino-alcohol motifs (C(OH)–C–C–N with tert-alkyl or cyclic N) is 1. The molecule has 2 atom stereocenters. The minimum atomic E-state index is -0.435. The summed E-state index contributed by atoms with van der Waals surface area (Å²) in [5.74, 6) is 0.00944. The molecule has 2 aromatic rings. The molecule has 0 bridgehead atoms. The van der Waals surface area contributed by atoms with Gasteiger partial charge in [-0.15, -0.1) is 0 Å². The third-order valence-corrected chi connectivity index (χ3v) is 4.59. The number of rotatable bonds is 5. The van der Waals surface area contributed by atoms with Crippen LogP contribution in [0.15, 0.2) is 12.3 Å². The molecule has 0 aromatic carbocycles. The number of aromatic amines is 1. The van der Waals surface area contributed by atoms with E-state index in [1.165, 1.54) is 0 Å². The number of carbonyl (C=O) groups excluding carboxylic acids is 1. The standard InChI is InChI=1S/C16H24N6O2/c1-10-4-13(20-19-10)5-12-7-22(8-15(12)23)9-16(24)18-14-6-17-21(3)11(14)2/h4,6,12,15,23H,5,7-9H2,1-3H3,(H,18,24)(H,19,20)/t12-,15-/m1/s1. The van der Waals surface area contributed by atoms with Gasteiger partial charge in [0.25, 0.3) is 0 Å². The van der Waals surface area contributed by atoms with Crippen molar-refractivity contribution in [2.45, 2.75) is 26.4 Å². The number of anilines is 1. The van der Waals surface area contributed by atoms with E-state index in [1.54, 1.807) is 10.9 Å². The fraction of sp³-hybridized carbons (Fsp3) is 0.562. The quantitative estimate of drug-likeness (QED) is 0.728. The summed E-state index contributed by atoms with van der Waals surface area (Å²) in [5, 5.41) is 24.4. The van der Waals surface area contributed by atoms with Gasteiger partial charge in [-0.1, -0.05) is 0 Å². The lowest BCUT2D eigenvalue weighted by Crippen LogP contribution is -2.32. The molecule has 0 radical (unpaired) electrons. The van der Waals surface area contributed by atoms with E-state index in [9.17, 15) is 9.90 Å². The van der Waals surface area contributed by atoms with Crippen molar-refractivity contribution in [1.29, 1.82) is 0 Å². The zero-order chi connectivity index (χ0) is 17.3. The van der Waals surface area contributed by atoms with E-state index >= 15 is 0 Å². The van der Waals surface area contributed by atoms with Crippen LogP contribution in [0.2, 0.25) is 0 Å². The highest BCUT2D eigenvalue weighted by atomic mass is 16.3. The molecular weight excluding hydrogens is 308 g/mol. The molecule has 3 heterocycles. The maximum Gasteiger partial charge on any atom is 0.238 e. The van der Waals surface area contributed by atoms with Crippen molar-refractivity contribution in [3.8, 4) is 0 Å². The van der Waals surface area contributed by atoms with Crippen molar-refractivity contribution in [3.63, 3.8) is 0 Å². The average molecular weight is 332 g/mol. The summed E-state index contributed by atoms with van der Waals surface area (Å²) >= 11 is 0. The second-order valence-corrected chi connectivity index (χ2v) is 6.58. The van der Waals surface area contributed by atoms with Gasteiger partial charge in [0.05, 0.1) is 35.9 Å². The second kappa shape index (κ2) is 6.74. The van der Waals surface area contributed by atoms with Crippen molar-refractivity contribution in [1.82, 2.24) is 24.9 Å². The second-order valence-electron chi connectivity index (χ2n) is 6.58. The number of likely N-dealkylation sites (tertiary alicyclic amines) is 1. The third kappa shape index (κ3) is 3.65. The van der Waals surface area contributed by atoms with E-state index in [2.05, 4.69) is 20.6 Å². The SMILES string of the molecule is Cc1cc(C[C@@H]2CN(CC(=O)Nc3cnn(C)c3C)C[C@H]2O)n[nH]1. The highest BCUT2D eigenvalue weighted by Crippen LogP contribution is 2.21. The van der Waals surface area contributed by atoms with Gasteiger partial charge in [-0.25, -0.2) is 0 Å². The smallest absolute Gasteiger partial charge is 0.238 e. The number of hydrogen-bond donors (Lipinski definition) is 3. The maximum absolute atomic E-state index is 12.2. The lowest BCUT2D eigenvalue weighted by molar-refractivity contribution is -0.117. The van der Waals surface area contributed by atoms with Crippen LogP contribution in [-0.2, 0) is 18.3 Å². The van der Waals surface area contributed by atoms with Crippen molar-refractivity contribution in [2.75, 3.05) is 25.0 Å². The van der Waals surface area contributed by atoms with Crippen LogP contribution in [-0.4, -0.2) is 61.6 Å². The molecule has 0 unspecified atom stereocenters. The number of aliphatic hydroxyl groups is 1. The maximum atomic E-state index is 12.2. The number of nitrogens with one attached hydrogen (secondary N) is 2. The van der Waals surface area contributed by atoms with Crippen LogP contribution < -0.4 is 5.32 Å². The number of aliphatic hydroxyl groups excluding tert-OH is 1. The summed E-state index contributed by atoms with van der Waals surface area (Å²) < 4.78 is 1.72. The van der Waals surface area contributed by atoms with Crippen LogP contribution in [0.4, 0.5) is 5.69 Å². The number of H-pyrrole nitrogens is 1. The molecule has 0 aliphatic carbocycles. The largest absolute Gasteiger partial charge is 0.391 e. The molecule has 3 N–H and O–H groups in total. The van der Waals surface area contributed by atoms with Crippen LogP contribution in [0.25, 0.3) is 0 Å². The number of hydrogen-bond acceptors (Lipinski definition) is 5. The van der Waals surface area contributed by atoms with Crippen molar-refractivity contribution in [3.05, 3.63) is 29.3 Å². The fourth-order valence-electron chi connectivity index (χ4n) is 3.13. The molecule has 130 valence electrons. The third-order valence-electron chi connectivity index (χ3n) is 4.59. The van der Waals surface area contributed by atoms with Gasteiger partial charge in [-0.05, 0) is 26.3 Å². The zero-order valence-corrected chi connectivity index (χ0v) is 14.3. The predicted octanol–water partition coefficient (Wildman–Crippen LogP) is 0.234. The van der Waals surface area contributed by atoms with Crippen LogP contribution in [0, 0.1) is 19.8 Å². The highest BCUT2D eigenvalue weighted by molar-refractivity contribution is 5.92. The van der Waals surface area contributed by atoms with E-state index in [-0.39, 0.29) is 18.4 Å². The molecule has 1 aliphatic rings. The normalized spacial score (nSPS) is 21.3. The number of carbonyl (C=O) groups is 1. The van der Waals surface area contributed by atoms with E-state index in [4.69, 9.17) is 0 Å². The molecule has 24 heavy (non-hydrogen) atoms. The Morgan fingerprint density at radius 3 is 2.88 bits per heavy atom. The van der Waals surface area contributed by atoms with Gasteiger partial charge in [0, 0.05) is 31.7 Å². The minimum absolute atomic E-state index is 0.0884. The molecule has 8 heteroatoms. The number of amides is 1. The van der Waals surface area contributed by atoms with Crippen molar-refractivity contribution >= 4 is 11.6 Å². The van der Waals surface area contributed by atoms with Crippen LogP contribution >= 0.6 is 0 Å². The van der Waals surface area contributed by atoms with Crippen LogP contribution in [0.1, 0.15) is 17.1 Å². The summed E-state index contributed by atoms with van der Waals surface area (Å²) in [6, 6.07) is 1.99. The summed E-state index contributed by atoms with van der Waals surface area (Å²) in [7, 11) is 1.84. The Morgan fingerprint density at radius 2 is 2.25 bits per heavy atom. The van der Waals surface area contributed by atoms with Gasteiger partial charge >= 0.3 is 0 Å². The van der Waals surface area contributed by atoms with E-state index in [1.807, 2.05) is 31.9 Å². The summed E-state index contributed by atoms with van der Waals surface area (Å²) in [6.45, 7) is 5.32. The Kier molecular flexibility index (Phi) is 4.68. The Morgan fingerprint density at radius 1 is 1.46 bits per heavy atom. The molecule has 1 amide bonds. The number of aromatic nitrogens is 4. The van der Waals surface area contributed by atoms with Gasteiger partial charge in [0.15, 0.2) is 0 Å². The van der Waals surface area contributed by atoms with Crippen molar-refractivity contribution < 1.29 is 9.90 Å². The Hall–Kier alpha value is -2.19. The van der Waals surface area contributed by atoms with Crippen molar-refractivity contribution in [2.24, 2.45) is 13.0 Å². The lowest BCUT2D eigenvalue weighted by Gasteiger charge is -2.14. The van der Waals surface area contributed by atoms with E-state index in [0.717, 1.165) is 22.8 Å². The van der Waals surface area contributed by atoms with Gasteiger partial charge in [-0.2, -0.15) is 10.2 Å². The molecule has 1 saturated heterocycles. The molecule has 1 aliphatic heterocycles. The first-order chi connectivity index (χ1) is 11.4. The van der Waals surface area contributed by atoms with Gasteiger partial charge in [0.2, 0.25) is 5.91 Å². The van der Waals surface area contributed by atoms with Gasteiger partial charge < -0.3 is 10.4 Å². The fourth-order valence-corrected chi connectivity index (χ4v) is 3.13. The molecular formula is C16H24N6O2. The predicted molar refractivity (Wildman–Crippen MR) is 89.5 cm³/mol. The first-order valence-electron chi connectivity index (χ1n) is 8.12. The Balaban J connectivity index is 1.53. The molecule has 2 aromatic heterocycles. The summed E-state index contributed by atoms with van der Waals surface area (Å²) in [4.78, 5) is 14.2. The summed E-state index contributed by atoms with van der Waals surface area (Å²) in [6.07, 6.45) is 1.93. The summed E-state index contributed by atoms with van der Waals surface area (Å²) in [5.41, 5.74) is 3.61. The number of nitrogens with zero attached hydrogens (tertiary/aromatic N) is 4. The molecule has 1 fully saturated rings. The first-order valence-corrected chi connectivity index (χ1v) is 8.12. The lowest BCUT2D eigenvalue weighted by atomic mass is 10.0. The first kappa shape index (κ1) is 16.7. The van der Waals surface area contributed by atoms with E-state index in [0.29, 0.717) is 19.5 Å². The van der Waals surface area contributed by atoms with Crippen LogP contribution in [0.3, 0.4) is 0 Å². The minimum Gasteiger partial charge on any atom is -0.391 e. The van der Waals surface area contributed by atoms with E-state index < -0.39 is 6.10 Å². The van der Waals surface area contributed by atoms with Gasteiger partial charge in [0.1, 0.15) is 0 Å². The Bertz CT molecular complexity index is 722. The Labute approximate surface area is 140 Å². The zero-order valence-electron chi connectivity index (χ0n) is 14.3. The van der Waals surface area contributed by atoms with Gasteiger partial charge in [-0.3, -0.25) is 19.5 Å². The van der Waals surface area contributed by atoms with Crippen LogP contribution in [0.5, 0.6) is 0 Å². The molecule has 3 rings (SSSR count). The molecule has 0 saturated carbocycles. The molecule has 0 spiro atoms.